The molecule has 0 bridgehead atoms. The standard InChI is InChI=1S/C23H31FN2O4/c1-2-30-22(29)23(12-4-3-5-13-23)25-21(28)18-7-6-14-26(16-18)20(27)15-17-8-10-19(24)11-9-17/h8-11,18H,2-7,12-16H2,1H3,(H,25,28). The molecular formula is C23H31FN2O4. The van der Waals surface area contributed by atoms with Gasteiger partial charge in [0.05, 0.1) is 18.9 Å². The van der Waals surface area contributed by atoms with Crippen molar-refractivity contribution in [3.8, 4) is 0 Å². The van der Waals surface area contributed by atoms with Gasteiger partial charge in [0.1, 0.15) is 11.4 Å². The van der Waals surface area contributed by atoms with Crippen LogP contribution in [0.25, 0.3) is 0 Å². The summed E-state index contributed by atoms with van der Waals surface area (Å²) in [7, 11) is 0. The molecule has 1 saturated carbocycles. The van der Waals surface area contributed by atoms with E-state index in [1.54, 1.807) is 24.0 Å². The van der Waals surface area contributed by atoms with Gasteiger partial charge in [0.2, 0.25) is 11.8 Å². The zero-order valence-electron chi connectivity index (χ0n) is 17.6. The zero-order chi connectivity index (χ0) is 21.6. The molecule has 3 rings (SSSR count). The molecule has 1 aliphatic heterocycles. The minimum atomic E-state index is -0.939. The van der Waals surface area contributed by atoms with Crippen molar-refractivity contribution < 1.29 is 23.5 Å². The number of esters is 1. The van der Waals surface area contributed by atoms with E-state index in [4.69, 9.17) is 4.74 Å². The third-order valence-corrected chi connectivity index (χ3v) is 6.15. The van der Waals surface area contributed by atoms with Crippen LogP contribution in [0, 0.1) is 11.7 Å². The van der Waals surface area contributed by atoms with E-state index in [1.807, 2.05) is 0 Å². The molecule has 1 saturated heterocycles. The molecule has 1 N–H and O–H groups in total. The summed E-state index contributed by atoms with van der Waals surface area (Å²) >= 11 is 0. The number of piperidine rings is 1. The smallest absolute Gasteiger partial charge is 0.331 e. The van der Waals surface area contributed by atoms with Gasteiger partial charge in [-0.15, -0.1) is 0 Å². The number of nitrogens with zero attached hydrogens (tertiary/aromatic N) is 1. The molecule has 6 nitrogen and oxygen atoms in total. The first-order chi connectivity index (χ1) is 14.4. The Kier molecular flexibility index (Phi) is 7.45. The quantitative estimate of drug-likeness (QED) is 0.721. The first-order valence-electron chi connectivity index (χ1n) is 10.9. The second-order valence-corrected chi connectivity index (χ2v) is 8.33. The van der Waals surface area contributed by atoms with Crippen molar-refractivity contribution in [3.05, 3.63) is 35.6 Å². The number of hydrogen-bond donors (Lipinski definition) is 1. The summed E-state index contributed by atoms with van der Waals surface area (Å²) in [4.78, 5) is 40.1. The summed E-state index contributed by atoms with van der Waals surface area (Å²) in [6, 6.07) is 5.89. The molecule has 0 spiro atoms. The largest absolute Gasteiger partial charge is 0.464 e. The molecule has 2 aliphatic rings. The summed E-state index contributed by atoms with van der Waals surface area (Å²) in [5, 5.41) is 3.01. The van der Waals surface area contributed by atoms with Gasteiger partial charge in [0, 0.05) is 13.1 Å². The minimum absolute atomic E-state index is 0.0723. The lowest BCUT2D eigenvalue weighted by Gasteiger charge is -2.38. The van der Waals surface area contributed by atoms with Crippen molar-refractivity contribution in [1.29, 1.82) is 0 Å². The fourth-order valence-electron chi connectivity index (χ4n) is 4.45. The van der Waals surface area contributed by atoms with Crippen molar-refractivity contribution in [2.24, 2.45) is 5.92 Å². The fourth-order valence-corrected chi connectivity index (χ4v) is 4.45. The van der Waals surface area contributed by atoms with Crippen molar-refractivity contribution in [2.45, 2.75) is 63.8 Å². The van der Waals surface area contributed by atoms with Crippen LogP contribution < -0.4 is 5.32 Å². The summed E-state index contributed by atoms with van der Waals surface area (Å²) in [6.07, 6.45) is 5.60. The topological polar surface area (TPSA) is 75.7 Å². The van der Waals surface area contributed by atoms with E-state index < -0.39 is 5.54 Å². The van der Waals surface area contributed by atoms with E-state index in [-0.39, 0.29) is 42.5 Å². The lowest BCUT2D eigenvalue weighted by molar-refractivity contribution is -0.156. The predicted molar refractivity (Wildman–Crippen MR) is 110 cm³/mol. The molecule has 2 amide bonds. The van der Waals surface area contributed by atoms with E-state index >= 15 is 0 Å². The summed E-state index contributed by atoms with van der Waals surface area (Å²) in [5.41, 5.74) is -0.192. The Balaban J connectivity index is 1.62. The molecule has 0 aromatic heterocycles. The third kappa shape index (κ3) is 5.37. The summed E-state index contributed by atoms with van der Waals surface area (Å²) in [5.74, 6) is -1.28. The SMILES string of the molecule is CCOC(=O)C1(NC(=O)C2CCCN(C(=O)Cc3ccc(F)cc3)C2)CCCCC1. The Morgan fingerprint density at radius 2 is 1.83 bits per heavy atom. The van der Waals surface area contributed by atoms with Crippen molar-refractivity contribution in [1.82, 2.24) is 10.2 Å². The highest BCUT2D eigenvalue weighted by molar-refractivity contribution is 5.89. The van der Waals surface area contributed by atoms with E-state index in [1.165, 1.54) is 12.1 Å². The highest BCUT2D eigenvalue weighted by Gasteiger charge is 2.43. The van der Waals surface area contributed by atoms with Gasteiger partial charge in [-0.05, 0) is 50.3 Å². The molecule has 1 heterocycles. The van der Waals surface area contributed by atoms with Crippen molar-refractivity contribution in [2.75, 3.05) is 19.7 Å². The number of halogens is 1. The molecule has 30 heavy (non-hydrogen) atoms. The first-order valence-corrected chi connectivity index (χ1v) is 10.9. The van der Waals surface area contributed by atoms with Gasteiger partial charge in [0.25, 0.3) is 0 Å². The number of nitrogens with one attached hydrogen (secondary N) is 1. The molecule has 1 aromatic carbocycles. The predicted octanol–water partition coefficient (Wildman–Crippen LogP) is 2.99. The van der Waals surface area contributed by atoms with Gasteiger partial charge in [-0.1, -0.05) is 31.4 Å². The van der Waals surface area contributed by atoms with Gasteiger partial charge in [-0.2, -0.15) is 0 Å². The van der Waals surface area contributed by atoms with Crippen LogP contribution in [0.1, 0.15) is 57.4 Å². The Morgan fingerprint density at radius 1 is 1.13 bits per heavy atom. The number of carbonyl (C=O) groups is 3. The maximum Gasteiger partial charge on any atom is 0.331 e. The van der Waals surface area contributed by atoms with Gasteiger partial charge >= 0.3 is 5.97 Å². The van der Waals surface area contributed by atoms with Crippen LogP contribution in [0.2, 0.25) is 0 Å². The lowest BCUT2D eigenvalue weighted by atomic mass is 9.81. The van der Waals surface area contributed by atoms with Crippen molar-refractivity contribution in [3.63, 3.8) is 0 Å². The van der Waals surface area contributed by atoms with Crippen LogP contribution in [-0.4, -0.2) is 47.9 Å². The zero-order valence-corrected chi connectivity index (χ0v) is 17.6. The average Bonchev–Trinajstić information content (AvgIpc) is 2.76. The van der Waals surface area contributed by atoms with Crippen LogP contribution in [0.15, 0.2) is 24.3 Å². The van der Waals surface area contributed by atoms with E-state index in [2.05, 4.69) is 5.32 Å². The normalized spacial score (nSPS) is 21.0. The van der Waals surface area contributed by atoms with Crippen molar-refractivity contribution >= 4 is 17.8 Å². The highest BCUT2D eigenvalue weighted by Crippen LogP contribution is 2.30. The van der Waals surface area contributed by atoms with Crippen LogP contribution >= 0.6 is 0 Å². The number of ether oxygens (including phenoxy) is 1. The maximum absolute atomic E-state index is 13.1. The van der Waals surface area contributed by atoms with Gasteiger partial charge in [0.15, 0.2) is 0 Å². The molecule has 164 valence electrons. The Labute approximate surface area is 177 Å². The molecule has 1 unspecified atom stereocenters. The van der Waals surface area contributed by atoms with E-state index in [0.29, 0.717) is 32.4 Å². The number of amides is 2. The highest BCUT2D eigenvalue weighted by atomic mass is 19.1. The van der Waals surface area contributed by atoms with Crippen LogP contribution in [0.4, 0.5) is 4.39 Å². The van der Waals surface area contributed by atoms with Crippen LogP contribution in [0.5, 0.6) is 0 Å². The number of hydrogen-bond acceptors (Lipinski definition) is 4. The Morgan fingerprint density at radius 3 is 2.50 bits per heavy atom. The number of carbonyl (C=O) groups excluding carboxylic acids is 3. The minimum Gasteiger partial charge on any atom is -0.464 e. The second kappa shape index (κ2) is 10.0. The maximum atomic E-state index is 13.1. The van der Waals surface area contributed by atoms with E-state index in [9.17, 15) is 18.8 Å². The fraction of sp³-hybridized carbons (Fsp3) is 0.609. The monoisotopic (exact) mass is 418 g/mol. The van der Waals surface area contributed by atoms with Gasteiger partial charge in [-0.25, -0.2) is 9.18 Å². The molecule has 2 fully saturated rings. The molecule has 1 atom stereocenters. The molecule has 7 heteroatoms. The second-order valence-electron chi connectivity index (χ2n) is 8.33. The van der Waals surface area contributed by atoms with Crippen LogP contribution in [-0.2, 0) is 25.5 Å². The number of likely N-dealkylation sites (tertiary alicyclic amines) is 1. The van der Waals surface area contributed by atoms with Crippen LogP contribution in [0.3, 0.4) is 0 Å². The third-order valence-electron chi connectivity index (χ3n) is 6.15. The molecule has 1 aliphatic carbocycles. The number of rotatable bonds is 6. The number of benzene rings is 1. The Hall–Kier alpha value is -2.44. The molecule has 0 radical (unpaired) electrons. The van der Waals surface area contributed by atoms with Gasteiger partial charge in [-0.3, -0.25) is 9.59 Å². The lowest BCUT2D eigenvalue weighted by Crippen LogP contribution is -2.59. The Bertz CT molecular complexity index is 759. The molecular weight excluding hydrogens is 387 g/mol. The first kappa shape index (κ1) is 22.2. The van der Waals surface area contributed by atoms with Gasteiger partial charge < -0.3 is 15.0 Å². The molecule has 1 aromatic rings. The van der Waals surface area contributed by atoms with E-state index in [0.717, 1.165) is 31.2 Å². The average molecular weight is 419 g/mol. The summed E-state index contributed by atoms with van der Waals surface area (Å²) in [6.45, 7) is 2.99. The summed E-state index contributed by atoms with van der Waals surface area (Å²) < 4.78 is 18.3.